The van der Waals surface area contributed by atoms with Gasteiger partial charge in [-0.05, 0) is 25.7 Å². The Morgan fingerprint density at radius 2 is 2.40 bits per heavy atom. The number of carbonyl (C=O) groups excluding carboxylic acids is 1. The minimum atomic E-state index is 0.121. The van der Waals surface area contributed by atoms with Gasteiger partial charge in [0, 0.05) is 13.5 Å². The molecule has 0 saturated carbocycles. The highest BCUT2D eigenvalue weighted by atomic mass is 16.1. The van der Waals surface area contributed by atoms with Crippen LogP contribution in [0, 0.1) is 0 Å². The first-order valence-corrected chi connectivity index (χ1v) is 5.33. The van der Waals surface area contributed by atoms with Crippen molar-refractivity contribution in [3.63, 3.8) is 0 Å². The first-order chi connectivity index (χ1) is 7.27. The summed E-state index contributed by atoms with van der Waals surface area (Å²) in [5.41, 5.74) is 1.87. The second kappa shape index (κ2) is 4.38. The van der Waals surface area contributed by atoms with Gasteiger partial charge in [-0.3, -0.25) is 4.79 Å². The predicted octanol–water partition coefficient (Wildman–Crippen LogP) is 1.89. The molecule has 15 heavy (non-hydrogen) atoms. The fraction of sp³-hybridized carbons (Fsp3) is 0.545. The van der Waals surface area contributed by atoms with Gasteiger partial charge in [0.2, 0.25) is 0 Å². The van der Waals surface area contributed by atoms with Crippen LogP contribution in [0.3, 0.4) is 0 Å². The van der Waals surface area contributed by atoms with Crippen LogP contribution in [0.4, 0.5) is 0 Å². The average Bonchev–Trinajstić information content (AvgIpc) is 2.66. The number of hydrogen-bond acceptors (Lipinski definition) is 3. The second-order valence-corrected chi connectivity index (χ2v) is 3.95. The van der Waals surface area contributed by atoms with Crippen LogP contribution in [0.1, 0.15) is 42.6 Å². The first-order valence-electron chi connectivity index (χ1n) is 5.33. The molecule has 0 N–H and O–H groups in total. The van der Waals surface area contributed by atoms with E-state index in [1.165, 1.54) is 29.3 Å². The minimum absolute atomic E-state index is 0.121. The molecule has 0 fully saturated rings. The van der Waals surface area contributed by atoms with Gasteiger partial charge >= 0.3 is 0 Å². The number of hydrogen-bond donors (Lipinski definition) is 0. The van der Waals surface area contributed by atoms with E-state index >= 15 is 0 Å². The number of aromatic nitrogens is 3. The minimum Gasteiger partial charge on any atom is -0.292 e. The quantitative estimate of drug-likeness (QED) is 0.559. The monoisotopic (exact) mass is 205 g/mol. The second-order valence-electron chi connectivity index (χ2n) is 3.95. The molecule has 0 aromatic carbocycles. The van der Waals surface area contributed by atoms with Crippen molar-refractivity contribution in [1.29, 1.82) is 0 Å². The molecule has 4 nitrogen and oxygen atoms in total. The van der Waals surface area contributed by atoms with Crippen molar-refractivity contribution in [2.75, 3.05) is 0 Å². The summed E-state index contributed by atoms with van der Waals surface area (Å²) in [6.07, 6.45) is 8.91. The summed E-state index contributed by atoms with van der Waals surface area (Å²) in [5, 5.41) is 7.47. The molecule has 1 aromatic heterocycles. The van der Waals surface area contributed by atoms with E-state index in [-0.39, 0.29) is 5.78 Å². The van der Waals surface area contributed by atoms with Crippen molar-refractivity contribution in [3.05, 3.63) is 23.5 Å². The predicted molar refractivity (Wildman–Crippen MR) is 56.5 cm³/mol. The van der Waals surface area contributed by atoms with E-state index in [4.69, 9.17) is 0 Å². The summed E-state index contributed by atoms with van der Waals surface area (Å²) >= 11 is 0. The van der Waals surface area contributed by atoms with Gasteiger partial charge < -0.3 is 0 Å². The van der Waals surface area contributed by atoms with Gasteiger partial charge in [-0.2, -0.15) is 0 Å². The maximum absolute atomic E-state index is 11.9. The van der Waals surface area contributed by atoms with Gasteiger partial charge in [0.15, 0.2) is 5.78 Å². The number of aryl methyl sites for hydroxylation is 1. The van der Waals surface area contributed by atoms with E-state index in [2.05, 4.69) is 16.4 Å². The van der Waals surface area contributed by atoms with Gasteiger partial charge in [0.1, 0.15) is 5.69 Å². The van der Waals surface area contributed by atoms with Crippen molar-refractivity contribution >= 4 is 5.78 Å². The van der Waals surface area contributed by atoms with Crippen LogP contribution in [0.5, 0.6) is 0 Å². The Bertz CT molecular complexity index is 392. The van der Waals surface area contributed by atoms with E-state index in [1.54, 1.807) is 7.05 Å². The maximum atomic E-state index is 11.9. The molecule has 0 bridgehead atoms. The van der Waals surface area contributed by atoms with E-state index in [1.807, 2.05) is 0 Å². The average molecular weight is 205 g/mol. The van der Waals surface area contributed by atoms with Gasteiger partial charge in [-0.15, -0.1) is 5.10 Å². The highest BCUT2D eigenvalue weighted by molar-refractivity contribution is 5.95. The Kier molecular flexibility index (Phi) is 2.94. The molecule has 1 aliphatic rings. The third-order valence-electron chi connectivity index (χ3n) is 2.77. The normalized spacial score (nSPS) is 16.2. The number of rotatable bonds is 3. The lowest BCUT2D eigenvalue weighted by molar-refractivity contribution is 0.0982. The molecule has 0 saturated heterocycles. The van der Waals surface area contributed by atoms with Crippen LogP contribution >= 0.6 is 0 Å². The summed E-state index contributed by atoms with van der Waals surface area (Å²) in [5.74, 6) is 0.121. The summed E-state index contributed by atoms with van der Waals surface area (Å²) < 4.78 is 1.53. The van der Waals surface area contributed by atoms with Crippen molar-refractivity contribution in [2.24, 2.45) is 7.05 Å². The van der Waals surface area contributed by atoms with Gasteiger partial charge in [0.25, 0.3) is 0 Å². The zero-order valence-corrected chi connectivity index (χ0v) is 8.94. The fourth-order valence-electron chi connectivity index (χ4n) is 1.90. The zero-order valence-electron chi connectivity index (χ0n) is 8.94. The van der Waals surface area contributed by atoms with Gasteiger partial charge in [-0.25, -0.2) is 4.68 Å². The molecular formula is C11H15N3O. The molecule has 0 atom stereocenters. The maximum Gasteiger partial charge on any atom is 0.186 e. The summed E-state index contributed by atoms with van der Waals surface area (Å²) in [7, 11) is 1.75. The molecule has 0 unspecified atom stereocenters. The van der Waals surface area contributed by atoms with E-state index < -0.39 is 0 Å². The standard InChI is InChI=1S/C11H15N3O/c1-14-10(8-12-13-14)11(15)7-9-5-3-2-4-6-9/h5,8H,2-4,6-7H2,1H3. The Balaban J connectivity index is 2.04. The molecule has 0 amide bonds. The van der Waals surface area contributed by atoms with Crippen molar-refractivity contribution in [3.8, 4) is 0 Å². The van der Waals surface area contributed by atoms with E-state index in [0.717, 1.165) is 12.8 Å². The Hall–Kier alpha value is -1.45. The first kappa shape index (κ1) is 10.1. The number of nitrogens with zero attached hydrogens (tertiary/aromatic N) is 3. The van der Waals surface area contributed by atoms with Crippen molar-refractivity contribution < 1.29 is 4.79 Å². The molecule has 0 aliphatic heterocycles. The summed E-state index contributed by atoms with van der Waals surface area (Å²) in [6, 6.07) is 0. The fourth-order valence-corrected chi connectivity index (χ4v) is 1.90. The topological polar surface area (TPSA) is 47.8 Å². The third-order valence-corrected chi connectivity index (χ3v) is 2.77. The lowest BCUT2D eigenvalue weighted by Crippen LogP contribution is -2.08. The van der Waals surface area contributed by atoms with E-state index in [9.17, 15) is 4.79 Å². The van der Waals surface area contributed by atoms with Gasteiger partial charge in [-0.1, -0.05) is 16.9 Å². The number of Topliss-reactive ketones (excluding diaryl/α,β-unsaturated/α-hetero) is 1. The Morgan fingerprint density at radius 3 is 3.00 bits per heavy atom. The van der Waals surface area contributed by atoms with Crippen LogP contribution in [-0.2, 0) is 7.05 Å². The number of allylic oxidation sites excluding steroid dienone is 2. The largest absolute Gasteiger partial charge is 0.292 e. The van der Waals surface area contributed by atoms with E-state index in [0.29, 0.717) is 12.1 Å². The van der Waals surface area contributed by atoms with Crippen LogP contribution in [0.15, 0.2) is 17.8 Å². The lowest BCUT2D eigenvalue weighted by atomic mass is 9.95. The SMILES string of the molecule is Cn1nncc1C(=O)CC1=CCCCC1. The molecule has 4 heteroatoms. The summed E-state index contributed by atoms with van der Waals surface area (Å²) in [4.78, 5) is 11.9. The van der Waals surface area contributed by atoms with Crippen molar-refractivity contribution in [1.82, 2.24) is 15.0 Å². The lowest BCUT2D eigenvalue weighted by Gasteiger charge is -2.11. The highest BCUT2D eigenvalue weighted by Crippen LogP contribution is 2.21. The molecular weight excluding hydrogens is 190 g/mol. The number of ketones is 1. The molecule has 1 aliphatic carbocycles. The molecule has 1 aromatic rings. The third kappa shape index (κ3) is 2.32. The molecule has 2 rings (SSSR count). The highest BCUT2D eigenvalue weighted by Gasteiger charge is 2.14. The van der Waals surface area contributed by atoms with Crippen LogP contribution < -0.4 is 0 Å². The van der Waals surface area contributed by atoms with Crippen LogP contribution in [0.2, 0.25) is 0 Å². The van der Waals surface area contributed by atoms with Crippen molar-refractivity contribution in [2.45, 2.75) is 32.1 Å². The zero-order chi connectivity index (χ0) is 10.7. The van der Waals surface area contributed by atoms with Gasteiger partial charge in [0.05, 0.1) is 6.20 Å². The smallest absolute Gasteiger partial charge is 0.186 e. The summed E-state index contributed by atoms with van der Waals surface area (Å²) in [6.45, 7) is 0. The molecule has 0 radical (unpaired) electrons. The number of carbonyl (C=O) groups is 1. The Morgan fingerprint density at radius 1 is 1.53 bits per heavy atom. The molecule has 0 spiro atoms. The molecule has 80 valence electrons. The van der Waals surface area contributed by atoms with Crippen LogP contribution in [-0.4, -0.2) is 20.8 Å². The molecule has 1 heterocycles. The van der Waals surface area contributed by atoms with Crippen LogP contribution in [0.25, 0.3) is 0 Å². The Labute approximate surface area is 89.0 Å².